The molecule has 0 spiro atoms. The number of thiophene rings is 1. The van der Waals surface area contributed by atoms with Gasteiger partial charge in [-0.15, -0.1) is 11.3 Å². The van der Waals surface area contributed by atoms with E-state index in [-0.39, 0.29) is 5.97 Å². The molecule has 0 amide bonds. The van der Waals surface area contributed by atoms with Crippen LogP contribution < -0.4 is 5.32 Å². The van der Waals surface area contributed by atoms with Crippen LogP contribution in [0.5, 0.6) is 0 Å². The molecule has 4 aromatic rings. The fourth-order valence-corrected chi connectivity index (χ4v) is 4.96. The first-order valence-corrected chi connectivity index (χ1v) is 12.5. The van der Waals surface area contributed by atoms with Crippen LogP contribution in [0.25, 0.3) is 21.3 Å². The number of hydrogen-bond donors (Lipinski definition) is 1. The van der Waals surface area contributed by atoms with Crippen LogP contribution in [0.1, 0.15) is 29.1 Å². The van der Waals surface area contributed by atoms with Crippen molar-refractivity contribution >= 4 is 50.6 Å². The zero-order valence-electron chi connectivity index (χ0n) is 19.5. The average Bonchev–Trinajstić information content (AvgIpc) is 3.19. The van der Waals surface area contributed by atoms with Gasteiger partial charge in [-0.05, 0) is 62.0 Å². The van der Waals surface area contributed by atoms with Crippen LogP contribution in [0, 0.1) is 6.92 Å². The van der Waals surface area contributed by atoms with Crippen molar-refractivity contribution in [3.05, 3.63) is 70.3 Å². The molecule has 0 saturated carbocycles. The molecule has 176 valence electrons. The van der Waals surface area contributed by atoms with Crippen LogP contribution >= 0.6 is 22.9 Å². The number of carbonyl (C=O) groups is 1. The van der Waals surface area contributed by atoms with Crippen molar-refractivity contribution in [3.8, 4) is 11.1 Å². The van der Waals surface area contributed by atoms with Gasteiger partial charge in [0.2, 0.25) is 0 Å². The Morgan fingerprint density at radius 3 is 2.44 bits per heavy atom. The number of hydrogen-bond acceptors (Lipinski definition) is 7. The number of benzene rings is 2. The number of carbonyl (C=O) groups excluding carboxylic acids is 1. The molecule has 0 bridgehead atoms. The van der Waals surface area contributed by atoms with Gasteiger partial charge in [0.05, 0.1) is 10.9 Å². The summed E-state index contributed by atoms with van der Waals surface area (Å²) in [6, 6.07) is 15.0. The number of nitrogens with zero attached hydrogens (tertiary/aromatic N) is 3. The van der Waals surface area contributed by atoms with Crippen molar-refractivity contribution in [2.45, 2.75) is 20.8 Å². The predicted octanol–water partition coefficient (Wildman–Crippen LogP) is 6.56. The van der Waals surface area contributed by atoms with Crippen LogP contribution in [0.3, 0.4) is 0 Å². The van der Waals surface area contributed by atoms with Crippen molar-refractivity contribution in [2.24, 2.45) is 0 Å². The number of rotatable bonds is 9. The number of aryl methyl sites for hydroxylation is 1. The zero-order chi connectivity index (χ0) is 24.1. The van der Waals surface area contributed by atoms with E-state index < -0.39 is 0 Å². The summed E-state index contributed by atoms with van der Waals surface area (Å²) >= 11 is 7.72. The smallest absolute Gasteiger partial charge is 0.338 e. The van der Waals surface area contributed by atoms with Crippen molar-refractivity contribution in [1.82, 2.24) is 14.9 Å². The topological polar surface area (TPSA) is 67.3 Å². The minimum Gasteiger partial charge on any atom is -0.461 e. The van der Waals surface area contributed by atoms with Crippen LogP contribution in [-0.2, 0) is 4.74 Å². The highest BCUT2D eigenvalue weighted by Gasteiger charge is 2.17. The van der Waals surface area contributed by atoms with Gasteiger partial charge in [0.15, 0.2) is 0 Å². The fraction of sp³-hybridized carbons (Fsp3) is 0.269. The molecule has 0 radical (unpaired) electrons. The maximum Gasteiger partial charge on any atom is 0.338 e. The number of aromatic nitrogens is 2. The third kappa shape index (κ3) is 5.38. The van der Waals surface area contributed by atoms with Gasteiger partial charge in [0, 0.05) is 27.7 Å². The Balaban J connectivity index is 1.53. The molecule has 8 heteroatoms. The minimum atomic E-state index is -0.318. The van der Waals surface area contributed by atoms with E-state index in [4.69, 9.17) is 16.3 Å². The number of anilines is 2. The third-order valence-electron chi connectivity index (χ3n) is 5.72. The van der Waals surface area contributed by atoms with E-state index in [1.807, 2.05) is 36.4 Å². The molecule has 0 aliphatic heterocycles. The quantitative estimate of drug-likeness (QED) is 0.266. The van der Waals surface area contributed by atoms with Gasteiger partial charge in [-0.1, -0.05) is 37.6 Å². The maximum absolute atomic E-state index is 12.4. The Hall–Kier alpha value is -3.00. The lowest BCUT2D eigenvalue weighted by Crippen LogP contribution is -2.27. The zero-order valence-corrected chi connectivity index (χ0v) is 21.0. The third-order valence-corrected chi connectivity index (χ3v) is 6.98. The molecule has 2 aromatic carbocycles. The summed E-state index contributed by atoms with van der Waals surface area (Å²) in [4.78, 5) is 25.7. The first-order valence-electron chi connectivity index (χ1n) is 11.3. The summed E-state index contributed by atoms with van der Waals surface area (Å²) in [7, 11) is 0. The van der Waals surface area contributed by atoms with Crippen LogP contribution in [-0.4, -0.2) is 47.1 Å². The van der Waals surface area contributed by atoms with Gasteiger partial charge in [0.25, 0.3) is 0 Å². The van der Waals surface area contributed by atoms with Gasteiger partial charge >= 0.3 is 5.97 Å². The summed E-state index contributed by atoms with van der Waals surface area (Å²) < 4.78 is 5.42. The lowest BCUT2D eigenvalue weighted by atomic mass is 10.0. The van der Waals surface area contributed by atoms with Crippen molar-refractivity contribution in [2.75, 3.05) is 31.6 Å². The number of ether oxygens (including phenoxy) is 1. The van der Waals surface area contributed by atoms with Crippen LogP contribution in [0.2, 0.25) is 5.02 Å². The molecular formula is C26H27ClN4O2S. The number of esters is 1. The van der Waals surface area contributed by atoms with Gasteiger partial charge in [-0.2, -0.15) is 0 Å². The lowest BCUT2D eigenvalue weighted by molar-refractivity contribution is 0.0466. The summed E-state index contributed by atoms with van der Waals surface area (Å²) in [6.07, 6.45) is 1.56. The Morgan fingerprint density at radius 2 is 1.76 bits per heavy atom. The molecule has 0 unspecified atom stereocenters. The molecule has 2 aromatic heterocycles. The molecule has 1 N–H and O–H groups in total. The minimum absolute atomic E-state index is 0.318. The summed E-state index contributed by atoms with van der Waals surface area (Å²) in [5.74, 6) is 0.399. The second kappa shape index (κ2) is 11.0. The van der Waals surface area contributed by atoms with Crippen LogP contribution in [0.15, 0.2) is 54.9 Å². The van der Waals surface area contributed by atoms with Crippen molar-refractivity contribution < 1.29 is 9.53 Å². The number of halogens is 1. The normalized spacial score (nSPS) is 11.2. The first-order chi connectivity index (χ1) is 16.5. The number of nitrogens with one attached hydrogen (secondary N) is 1. The predicted molar refractivity (Wildman–Crippen MR) is 140 cm³/mol. The Kier molecular flexibility index (Phi) is 7.77. The summed E-state index contributed by atoms with van der Waals surface area (Å²) in [6.45, 7) is 9.27. The van der Waals surface area contributed by atoms with Crippen LogP contribution in [0.4, 0.5) is 11.5 Å². The molecule has 0 atom stereocenters. The lowest BCUT2D eigenvalue weighted by Gasteiger charge is -2.17. The Morgan fingerprint density at radius 1 is 1.06 bits per heavy atom. The Bertz CT molecular complexity index is 1270. The van der Waals surface area contributed by atoms with Crippen molar-refractivity contribution in [3.63, 3.8) is 0 Å². The highest BCUT2D eigenvalue weighted by Crippen LogP contribution is 2.41. The highest BCUT2D eigenvalue weighted by atomic mass is 35.5. The standard InChI is InChI=1S/C26H27ClN4O2S/c1-4-31(5-2)14-15-33-26(32)19-8-12-21(13-9-19)30-24-23-22(18-6-10-20(27)11-7-18)17(3)34-25(23)29-16-28-24/h6-13,16H,4-5,14-15H2,1-3H3,(H,28,29,30). The van der Waals surface area contributed by atoms with Gasteiger partial charge in [0.1, 0.15) is 23.6 Å². The second-order valence-corrected chi connectivity index (χ2v) is 9.45. The first kappa shape index (κ1) is 24.1. The molecule has 4 rings (SSSR count). The molecular weight excluding hydrogens is 468 g/mol. The molecule has 34 heavy (non-hydrogen) atoms. The van der Waals surface area contributed by atoms with E-state index in [0.29, 0.717) is 23.0 Å². The largest absolute Gasteiger partial charge is 0.461 e. The molecule has 0 fully saturated rings. The van der Waals surface area contributed by atoms with E-state index in [9.17, 15) is 4.79 Å². The van der Waals surface area contributed by atoms with Gasteiger partial charge < -0.3 is 15.0 Å². The monoisotopic (exact) mass is 494 g/mol. The van der Waals surface area contributed by atoms with E-state index >= 15 is 0 Å². The SMILES string of the molecule is CCN(CC)CCOC(=O)c1ccc(Nc2ncnc3sc(C)c(-c4ccc(Cl)cc4)c23)cc1. The maximum atomic E-state index is 12.4. The molecule has 0 saturated heterocycles. The molecule has 0 aliphatic carbocycles. The fourth-order valence-electron chi connectivity index (χ4n) is 3.82. The average molecular weight is 495 g/mol. The number of fused-ring (bicyclic) bond motifs is 1. The van der Waals surface area contributed by atoms with E-state index in [2.05, 4.69) is 41.0 Å². The Labute approximate surface area is 208 Å². The number of likely N-dealkylation sites (N-methyl/N-ethyl adjacent to an activating group) is 1. The molecule has 6 nitrogen and oxygen atoms in total. The summed E-state index contributed by atoms with van der Waals surface area (Å²) in [5.41, 5.74) is 3.50. The van der Waals surface area contributed by atoms with E-state index in [1.165, 1.54) is 0 Å². The summed E-state index contributed by atoms with van der Waals surface area (Å²) in [5, 5.41) is 5.05. The second-order valence-electron chi connectivity index (χ2n) is 7.81. The van der Waals surface area contributed by atoms with Crippen molar-refractivity contribution in [1.29, 1.82) is 0 Å². The highest BCUT2D eigenvalue weighted by molar-refractivity contribution is 7.19. The van der Waals surface area contributed by atoms with E-state index in [1.54, 1.807) is 29.8 Å². The van der Waals surface area contributed by atoms with Gasteiger partial charge in [-0.3, -0.25) is 0 Å². The van der Waals surface area contributed by atoms with Gasteiger partial charge in [-0.25, -0.2) is 14.8 Å². The van der Waals surface area contributed by atoms with E-state index in [0.717, 1.165) is 51.5 Å². The molecule has 2 heterocycles. The molecule has 0 aliphatic rings.